The van der Waals surface area contributed by atoms with Crippen LogP contribution in [0.5, 0.6) is 0 Å². The van der Waals surface area contributed by atoms with Crippen LogP contribution in [0.1, 0.15) is 155 Å². The van der Waals surface area contributed by atoms with E-state index < -0.39 is 0 Å². The Balaban J connectivity index is 2.95. The van der Waals surface area contributed by atoms with Gasteiger partial charge in [-0.05, 0) is 0 Å². The normalized spacial score (nSPS) is 11.3. The summed E-state index contributed by atoms with van der Waals surface area (Å²) in [7, 11) is 1.26. The lowest BCUT2D eigenvalue weighted by Crippen LogP contribution is -1.90. The minimum Gasteiger partial charge on any atom is -0.0654 e. The summed E-state index contributed by atoms with van der Waals surface area (Å²) in [6, 6.07) is 3.04. The maximum Gasteiger partial charge on any atom is 0.0378 e. The van der Waals surface area contributed by atoms with Gasteiger partial charge in [0.15, 0.2) is 0 Å². The third kappa shape index (κ3) is 26.2. The molecule has 162 valence electrons. The molecule has 2 radical (unpaired) electrons. The molecule has 0 aliphatic rings. The molecular weight excluding hydrogens is 340 g/mol. The van der Waals surface area contributed by atoms with Gasteiger partial charge in [0.2, 0.25) is 0 Å². The van der Waals surface area contributed by atoms with Crippen LogP contribution in [0, 0.1) is 0 Å². The highest BCUT2D eigenvalue weighted by molar-refractivity contribution is 6.35. The zero-order chi connectivity index (χ0) is 19.7. The number of hydrogen-bond donors (Lipinski definition) is 0. The molecule has 0 amide bonds. The van der Waals surface area contributed by atoms with E-state index in [9.17, 15) is 0 Å². The van der Waals surface area contributed by atoms with E-state index in [0.717, 1.165) is 0 Å². The molecule has 0 fully saturated rings. The van der Waals surface area contributed by atoms with Gasteiger partial charge in [-0.25, -0.2) is 0 Å². The van der Waals surface area contributed by atoms with Crippen molar-refractivity contribution in [1.82, 2.24) is 0 Å². The Kier molecular flexibility index (Phi) is 26.4. The van der Waals surface area contributed by atoms with Crippen molar-refractivity contribution in [3.8, 4) is 0 Å². The first-order chi connectivity index (χ1) is 13.4. The van der Waals surface area contributed by atoms with Crippen molar-refractivity contribution >= 4 is 9.52 Å². The monoisotopic (exact) mass is 394 g/mol. The van der Waals surface area contributed by atoms with E-state index in [0.29, 0.717) is 0 Å². The zero-order valence-corrected chi connectivity index (χ0v) is 20.5. The third-order valence-electron chi connectivity index (χ3n) is 5.91. The Bertz CT molecular complexity index is 214. The molecule has 0 aromatic rings. The average molecular weight is 395 g/mol. The molecule has 0 aliphatic heterocycles. The standard InChI is InChI=1S/C26H54Si/c1-3-5-7-9-11-12-13-14-15-16-17-18-19-20-22-24-26-27-25-23-21-10-8-6-4-2/h3-26H2,1-2H3. The van der Waals surface area contributed by atoms with Crippen LogP contribution < -0.4 is 0 Å². The SMILES string of the molecule is CCCCCCCCCCCCCCCCCC[Si]CCCCCCCC. The molecule has 27 heavy (non-hydrogen) atoms. The minimum atomic E-state index is 1.26. The lowest BCUT2D eigenvalue weighted by molar-refractivity contribution is 0.531. The second-order valence-corrected chi connectivity index (χ2v) is 10.3. The first-order valence-corrected chi connectivity index (χ1v) is 14.5. The molecule has 0 saturated heterocycles. The van der Waals surface area contributed by atoms with E-state index in [1.807, 2.05) is 0 Å². The van der Waals surface area contributed by atoms with Crippen molar-refractivity contribution in [3.63, 3.8) is 0 Å². The highest BCUT2D eigenvalue weighted by atomic mass is 28.2. The summed E-state index contributed by atoms with van der Waals surface area (Å²) in [5.74, 6) is 0. The number of hydrogen-bond acceptors (Lipinski definition) is 0. The van der Waals surface area contributed by atoms with Crippen LogP contribution in [0.2, 0.25) is 12.1 Å². The van der Waals surface area contributed by atoms with E-state index in [4.69, 9.17) is 0 Å². The second-order valence-electron chi connectivity index (χ2n) is 8.82. The van der Waals surface area contributed by atoms with E-state index in [-0.39, 0.29) is 0 Å². The predicted octanol–water partition coefficient (Wildman–Crippen LogP) is 10.1. The molecule has 0 heterocycles. The van der Waals surface area contributed by atoms with Crippen molar-refractivity contribution in [2.45, 2.75) is 167 Å². The maximum absolute atomic E-state index is 2.30. The van der Waals surface area contributed by atoms with Crippen LogP contribution in [0.3, 0.4) is 0 Å². The molecule has 0 atom stereocenters. The van der Waals surface area contributed by atoms with E-state index in [1.165, 1.54) is 163 Å². The average Bonchev–Trinajstić information content (AvgIpc) is 2.68. The summed E-state index contributed by atoms with van der Waals surface area (Å²) in [4.78, 5) is 0. The first-order valence-electron chi connectivity index (χ1n) is 13.1. The Hall–Kier alpha value is 0.217. The largest absolute Gasteiger partial charge is 0.0654 e. The quantitative estimate of drug-likeness (QED) is 0.113. The van der Waals surface area contributed by atoms with Crippen LogP contribution in [-0.4, -0.2) is 9.52 Å². The summed E-state index contributed by atoms with van der Waals surface area (Å²) in [5, 5.41) is 0. The molecular formula is C26H54Si. The van der Waals surface area contributed by atoms with Crippen LogP contribution >= 0.6 is 0 Å². The van der Waals surface area contributed by atoms with Gasteiger partial charge in [0.05, 0.1) is 0 Å². The lowest BCUT2D eigenvalue weighted by Gasteiger charge is -2.04. The van der Waals surface area contributed by atoms with E-state index >= 15 is 0 Å². The Morgan fingerprint density at radius 1 is 0.296 bits per heavy atom. The summed E-state index contributed by atoms with van der Waals surface area (Å²) in [6.07, 6.45) is 32.5. The molecule has 0 bridgehead atoms. The predicted molar refractivity (Wildman–Crippen MR) is 128 cm³/mol. The van der Waals surface area contributed by atoms with Gasteiger partial charge in [-0.15, -0.1) is 0 Å². The van der Waals surface area contributed by atoms with Crippen molar-refractivity contribution in [3.05, 3.63) is 0 Å². The zero-order valence-electron chi connectivity index (χ0n) is 19.5. The van der Waals surface area contributed by atoms with Gasteiger partial charge >= 0.3 is 0 Å². The number of unbranched alkanes of at least 4 members (excludes halogenated alkanes) is 20. The lowest BCUT2D eigenvalue weighted by atomic mass is 10.0. The van der Waals surface area contributed by atoms with Gasteiger partial charge in [0.1, 0.15) is 0 Å². The Morgan fingerprint density at radius 2 is 0.519 bits per heavy atom. The fraction of sp³-hybridized carbons (Fsp3) is 1.00. The summed E-state index contributed by atoms with van der Waals surface area (Å²) in [6.45, 7) is 4.61. The third-order valence-corrected chi connectivity index (χ3v) is 7.33. The van der Waals surface area contributed by atoms with Crippen LogP contribution in [-0.2, 0) is 0 Å². The second kappa shape index (κ2) is 26.2. The molecule has 0 rings (SSSR count). The van der Waals surface area contributed by atoms with Crippen LogP contribution in [0.15, 0.2) is 0 Å². The van der Waals surface area contributed by atoms with Gasteiger partial charge in [0, 0.05) is 9.52 Å². The van der Waals surface area contributed by atoms with Crippen LogP contribution in [0.25, 0.3) is 0 Å². The molecule has 0 N–H and O–H groups in total. The topological polar surface area (TPSA) is 0 Å². The summed E-state index contributed by atoms with van der Waals surface area (Å²) >= 11 is 0. The molecule has 0 aliphatic carbocycles. The van der Waals surface area contributed by atoms with Gasteiger partial charge in [-0.2, -0.15) is 0 Å². The van der Waals surface area contributed by atoms with Crippen LogP contribution in [0.4, 0.5) is 0 Å². The first kappa shape index (κ1) is 27.2. The maximum atomic E-state index is 2.30. The highest BCUT2D eigenvalue weighted by Gasteiger charge is 1.96. The number of rotatable bonds is 24. The fourth-order valence-corrected chi connectivity index (χ4v) is 5.20. The molecule has 0 nitrogen and oxygen atoms in total. The summed E-state index contributed by atoms with van der Waals surface area (Å²) < 4.78 is 0. The summed E-state index contributed by atoms with van der Waals surface area (Å²) in [5.41, 5.74) is 0. The molecule has 0 aromatic heterocycles. The van der Waals surface area contributed by atoms with Crippen molar-refractivity contribution in [1.29, 1.82) is 0 Å². The van der Waals surface area contributed by atoms with Crippen molar-refractivity contribution in [2.24, 2.45) is 0 Å². The Labute approximate surface area is 176 Å². The van der Waals surface area contributed by atoms with Crippen molar-refractivity contribution < 1.29 is 0 Å². The molecule has 1 heteroatoms. The van der Waals surface area contributed by atoms with Gasteiger partial charge in [0.25, 0.3) is 0 Å². The van der Waals surface area contributed by atoms with Gasteiger partial charge < -0.3 is 0 Å². The molecule has 0 unspecified atom stereocenters. The smallest absolute Gasteiger partial charge is 0.0378 e. The van der Waals surface area contributed by atoms with Gasteiger partial charge in [-0.1, -0.05) is 167 Å². The fourth-order valence-electron chi connectivity index (χ4n) is 3.95. The minimum absolute atomic E-state index is 1.26. The molecule has 0 spiro atoms. The highest BCUT2D eigenvalue weighted by Crippen LogP contribution is 2.14. The van der Waals surface area contributed by atoms with E-state index in [1.54, 1.807) is 0 Å². The molecule has 0 aromatic carbocycles. The Morgan fingerprint density at radius 3 is 0.778 bits per heavy atom. The van der Waals surface area contributed by atoms with E-state index in [2.05, 4.69) is 13.8 Å². The van der Waals surface area contributed by atoms with Crippen molar-refractivity contribution in [2.75, 3.05) is 0 Å². The molecule has 0 saturated carbocycles. The van der Waals surface area contributed by atoms with Gasteiger partial charge in [-0.3, -0.25) is 0 Å².